The Bertz CT molecular complexity index is 1110. The summed E-state index contributed by atoms with van der Waals surface area (Å²) in [4.78, 5) is 19.7. The molecule has 0 radical (unpaired) electrons. The van der Waals surface area contributed by atoms with Gasteiger partial charge in [-0.2, -0.15) is 0 Å². The van der Waals surface area contributed by atoms with Gasteiger partial charge >= 0.3 is 0 Å². The lowest BCUT2D eigenvalue weighted by molar-refractivity contribution is 0.0948. The van der Waals surface area contributed by atoms with Crippen LogP contribution in [-0.4, -0.2) is 19.3 Å². The second-order valence-corrected chi connectivity index (χ2v) is 9.21. The first kappa shape index (κ1) is 20.2. The first-order valence-corrected chi connectivity index (χ1v) is 10.9. The van der Waals surface area contributed by atoms with Gasteiger partial charge in [-0.05, 0) is 38.8 Å². The Labute approximate surface area is 168 Å². The van der Waals surface area contributed by atoms with Crippen LogP contribution in [-0.2, 0) is 10.0 Å². The molecule has 0 spiro atoms. The average Bonchev–Trinajstić information content (AvgIpc) is 3.01. The van der Waals surface area contributed by atoms with Gasteiger partial charge in [0.25, 0.3) is 15.9 Å². The molecule has 8 heteroatoms. The lowest BCUT2D eigenvalue weighted by Gasteiger charge is -2.13. The number of hydrazine groups is 1. The normalized spacial score (nSPS) is 11.4. The molecule has 28 heavy (non-hydrogen) atoms. The first-order valence-electron chi connectivity index (χ1n) is 8.62. The lowest BCUT2D eigenvalue weighted by atomic mass is 10.1. The topological polar surface area (TPSA) is 88.2 Å². The highest BCUT2D eigenvalue weighted by molar-refractivity contribution is 7.89. The summed E-state index contributed by atoms with van der Waals surface area (Å²) in [5.41, 5.74) is 5.98. The van der Waals surface area contributed by atoms with Crippen molar-refractivity contribution in [2.45, 2.75) is 32.6 Å². The summed E-state index contributed by atoms with van der Waals surface area (Å²) in [6, 6.07) is 13.1. The molecule has 1 amide bonds. The molecule has 0 bridgehead atoms. The molecule has 0 fully saturated rings. The SMILES string of the molecule is Cc1cc(C)c(S(=O)(=O)NNC(=O)c2sc(-c3ccccc3)nc2C)c(C)c1. The molecule has 3 rings (SSSR count). The van der Waals surface area contributed by atoms with E-state index in [0.29, 0.717) is 26.7 Å². The quantitative estimate of drug-likeness (QED) is 0.623. The average molecular weight is 416 g/mol. The van der Waals surface area contributed by atoms with Crippen LogP contribution >= 0.6 is 11.3 Å². The highest BCUT2D eigenvalue weighted by atomic mass is 32.2. The van der Waals surface area contributed by atoms with E-state index >= 15 is 0 Å². The van der Waals surface area contributed by atoms with Gasteiger partial charge in [-0.3, -0.25) is 10.2 Å². The summed E-state index contributed by atoms with van der Waals surface area (Å²) in [6.45, 7) is 7.09. The van der Waals surface area contributed by atoms with Crippen LogP contribution in [0.5, 0.6) is 0 Å². The summed E-state index contributed by atoms with van der Waals surface area (Å²) in [5, 5.41) is 0.705. The summed E-state index contributed by atoms with van der Waals surface area (Å²) < 4.78 is 25.4. The number of hydrogen-bond donors (Lipinski definition) is 2. The lowest BCUT2D eigenvalue weighted by Crippen LogP contribution is -2.42. The molecule has 0 aliphatic carbocycles. The van der Waals surface area contributed by atoms with Crippen LogP contribution in [0, 0.1) is 27.7 Å². The summed E-state index contributed by atoms with van der Waals surface area (Å²) in [7, 11) is -3.90. The van der Waals surface area contributed by atoms with Crippen molar-refractivity contribution in [1.82, 2.24) is 15.2 Å². The zero-order valence-corrected chi connectivity index (χ0v) is 17.7. The van der Waals surface area contributed by atoms with Crippen LogP contribution in [0.2, 0.25) is 0 Å². The fourth-order valence-electron chi connectivity index (χ4n) is 3.12. The number of sulfonamides is 1. The predicted molar refractivity (Wildman–Crippen MR) is 111 cm³/mol. The van der Waals surface area contributed by atoms with Crippen LogP contribution in [0.3, 0.4) is 0 Å². The van der Waals surface area contributed by atoms with E-state index < -0.39 is 15.9 Å². The van der Waals surface area contributed by atoms with Crippen molar-refractivity contribution >= 4 is 27.3 Å². The Morgan fingerprint density at radius 1 is 1.00 bits per heavy atom. The Kier molecular flexibility index (Phi) is 5.64. The molecular formula is C20H21N3O3S2. The Hall–Kier alpha value is -2.55. The van der Waals surface area contributed by atoms with E-state index in [9.17, 15) is 13.2 Å². The van der Waals surface area contributed by atoms with Gasteiger partial charge in [0.1, 0.15) is 9.88 Å². The number of benzene rings is 2. The second-order valence-electron chi connectivity index (χ2n) is 6.59. The summed E-state index contributed by atoms with van der Waals surface area (Å²) in [6.07, 6.45) is 0. The van der Waals surface area contributed by atoms with Crippen molar-refractivity contribution < 1.29 is 13.2 Å². The second kappa shape index (κ2) is 7.83. The molecule has 146 valence electrons. The molecule has 0 saturated heterocycles. The number of thiazole rings is 1. The van der Waals surface area contributed by atoms with Crippen molar-refractivity contribution in [3.8, 4) is 10.6 Å². The largest absolute Gasteiger partial charge is 0.278 e. The summed E-state index contributed by atoms with van der Waals surface area (Å²) >= 11 is 1.22. The Morgan fingerprint density at radius 3 is 2.21 bits per heavy atom. The Balaban J connectivity index is 1.80. The number of carbonyl (C=O) groups is 1. The van der Waals surface area contributed by atoms with E-state index in [4.69, 9.17) is 0 Å². The number of nitrogens with one attached hydrogen (secondary N) is 2. The number of nitrogens with zero attached hydrogens (tertiary/aromatic N) is 1. The van der Waals surface area contributed by atoms with Crippen molar-refractivity contribution in [1.29, 1.82) is 0 Å². The van der Waals surface area contributed by atoms with Gasteiger partial charge in [-0.1, -0.05) is 48.0 Å². The third-order valence-corrected chi connectivity index (χ3v) is 6.95. The van der Waals surface area contributed by atoms with Crippen LogP contribution in [0.15, 0.2) is 47.4 Å². The molecule has 0 atom stereocenters. The van der Waals surface area contributed by atoms with Gasteiger partial charge in [-0.25, -0.2) is 13.4 Å². The number of hydrogen-bond acceptors (Lipinski definition) is 5. The maximum Gasteiger partial charge on any atom is 0.278 e. The maximum absolute atomic E-state index is 12.7. The summed E-state index contributed by atoms with van der Waals surface area (Å²) in [5.74, 6) is -0.539. The van der Waals surface area contributed by atoms with Gasteiger partial charge in [0.15, 0.2) is 0 Å². The molecule has 0 aliphatic heterocycles. The van der Waals surface area contributed by atoms with Gasteiger partial charge in [0, 0.05) is 5.56 Å². The van der Waals surface area contributed by atoms with Crippen LogP contribution < -0.4 is 10.3 Å². The third kappa shape index (κ3) is 4.14. The number of amides is 1. The Morgan fingerprint density at radius 2 is 1.61 bits per heavy atom. The van der Waals surface area contributed by atoms with Crippen molar-refractivity contribution in [2.75, 3.05) is 0 Å². The van der Waals surface area contributed by atoms with E-state index in [-0.39, 0.29) is 4.90 Å². The van der Waals surface area contributed by atoms with E-state index in [1.807, 2.05) is 37.3 Å². The van der Waals surface area contributed by atoms with E-state index in [1.54, 1.807) is 32.9 Å². The molecule has 0 aliphatic rings. The number of aromatic nitrogens is 1. The van der Waals surface area contributed by atoms with Crippen molar-refractivity contribution in [3.63, 3.8) is 0 Å². The molecule has 3 aromatic rings. The molecule has 1 heterocycles. The zero-order valence-electron chi connectivity index (χ0n) is 16.0. The zero-order chi connectivity index (χ0) is 20.5. The molecule has 0 unspecified atom stereocenters. The van der Waals surface area contributed by atoms with Crippen molar-refractivity contribution in [2.24, 2.45) is 0 Å². The van der Waals surface area contributed by atoms with E-state index in [0.717, 1.165) is 11.1 Å². The molecule has 2 aromatic carbocycles. The highest BCUT2D eigenvalue weighted by Gasteiger charge is 2.22. The van der Waals surface area contributed by atoms with Gasteiger partial charge in [0.05, 0.1) is 10.6 Å². The molecular weight excluding hydrogens is 394 g/mol. The van der Waals surface area contributed by atoms with Gasteiger partial charge in [0.2, 0.25) is 0 Å². The van der Waals surface area contributed by atoms with Gasteiger partial charge < -0.3 is 0 Å². The number of carbonyl (C=O) groups excluding carboxylic acids is 1. The molecule has 6 nitrogen and oxygen atoms in total. The van der Waals surface area contributed by atoms with Crippen molar-refractivity contribution in [3.05, 3.63) is 69.7 Å². The molecule has 1 aromatic heterocycles. The van der Waals surface area contributed by atoms with E-state index in [1.165, 1.54) is 11.3 Å². The fraction of sp³-hybridized carbons (Fsp3) is 0.200. The number of aryl methyl sites for hydroxylation is 4. The first-order chi connectivity index (χ1) is 13.2. The standard InChI is InChI=1S/C20H21N3O3S2/c1-12-10-13(2)18(14(3)11-12)28(25,26)23-22-19(24)17-15(4)21-20(27-17)16-8-6-5-7-9-16/h5-11,23H,1-4H3,(H,22,24). The molecule has 0 saturated carbocycles. The highest BCUT2D eigenvalue weighted by Crippen LogP contribution is 2.27. The monoisotopic (exact) mass is 415 g/mol. The smallest absolute Gasteiger partial charge is 0.273 e. The van der Waals surface area contributed by atoms with Crippen LogP contribution in [0.1, 0.15) is 32.1 Å². The van der Waals surface area contributed by atoms with Crippen LogP contribution in [0.4, 0.5) is 0 Å². The maximum atomic E-state index is 12.7. The van der Waals surface area contributed by atoms with E-state index in [2.05, 4.69) is 15.2 Å². The third-order valence-electron chi connectivity index (χ3n) is 4.20. The minimum atomic E-state index is -3.90. The predicted octanol–water partition coefficient (Wildman–Crippen LogP) is 3.67. The minimum Gasteiger partial charge on any atom is -0.273 e. The minimum absolute atomic E-state index is 0.171. The number of rotatable bonds is 5. The van der Waals surface area contributed by atoms with Crippen LogP contribution in [0.25, 0.3) is 10.6 Å². The van der Waals surface area contributed by atoms with Gasteiger partial charge in [-0.15, -0.1) is 16.2 Å². The fourth-order valence-corrected chi connectivity index (χ4v) is 5.38. The molecule has 2 N–H and O–H groups in total.